The second kappa shape index (κ2) is 9.57. The summed E-state index contributed by atoms with van der Waals surface area (Å²) >= 11 is 0. The van der Waals surface area contributed by atoms with Gasteiger partial charge in [0.25, 0.3) is 5.91 Å². The van der Waals surface area contributed by atoms with Crippen molar-refractivity contribution in [1.82, 2.24) is 14.4 Å². The van der Waals surface area contributed by atoms with Gasteiger partial charge in [0, 0.05) is 31.9 Å². The number of aryl methyl sites for hydroxylation is 1. The van der Waals surface area contributed by atoms with Gasteiger partial charge in [-0.3, -0.25) is 4.79 Å². The lowest BCUT2D eigenvalue weighted by Gasteiger charge is -2.21. The van der Waals surface area contributed by atoms with Crippen LogP contribution in [-0.4, -0.2) is 54.5 Å². The third-order valence-electron chi connectivity index (χ3n) is 5.17. The van der Waals surface area contributed by atoms with E-state index >= 15 is 0 Å². The Morgan fingerprint density at radius 1 is 0.897 bits per heavy atom. The van der Waals surface area contributed by atoms with Crippen LogP contribution in [0.1, 0.15) is 28.0 Å². The van der Waals surface area contributed by atoms with Crippen LogP contribution in [0.2, 0.25) is 0 Å². The van der Waals surface area contributed by atoms with Crippen LogP contribution in [0.15, 0.2) is 66.9 Å². The Morgan fingerprint density at radius 2 is 1.52 bits per heavy atom. The monoisotopic (exact) mass is 389 g/mol. The summed E-state index contributed by atoms with van der Waals surface area (Å²) in [5.74, 6) is 0.0756. The third kappa shape index (κ3) is 5.15. The maximum absolute atomic E-state index is 13.5. The number of hydrogen-bond donors (Lipinski definition) is 0. The van der Waals surface area contributed by atoms with Gasteiger partial charge in [0.1, 0.15) is 5.69 Å². The predicted octanol–water partition coefficient (Wildman–Crippen LogP) is 4.54. The van der Waals surface area contributed by atoms with Gasteiger partial charge in [-0.2, -0.15) is 0 Å². The Bertz CT molecular complexity index is 929. The SMILES string of the molecule is Cc1cn(Cc2ccccc2)c(C(=O)N(C)CCCN(C)C)c1-c1ccccc1. The molecular formula is C25H31N3O. The fraction of sp³-hybridized carbons (Fsp3) is 0.320. The van der Waals surface area contributed by atoms with Gasteiger partial charge in [0.15, 0.2) is 0 Å². The Hall–Kier alpha value is -2.85. The van der Waals surface area contributed by atoms with Crippen LogP contribution < -0.4 is 0 Å². The molecule has 0 aliphatic carbocycles. The smallest absolute Gasteiger partial charge is 0.270 e. The molecule has 0 spiro atoms. The Balaban J connectivity index is 1.98. The molecule has 0 N–H and O–H groups in total. The number of hydrogen-bond acceptors (Lipinski definition) is 2. The fourth-order valence-corrected chi connectivity index (χ4v) is 3.70. The summed E-state index contributed by atoms with van der Waals surface area (Å²) in [6, 6.07) is 20.5. The summed E-state index contributed by atoms with van der Waals surface area (Å²) in [5, 5.41) is 0. The molecule has 0 fully saturated rings. The maximum atomic E-state index is 13.5. The number of amides is 1. The van der Waals surface area contributed by atoms with Crippen molar-refractivity contribution in [3.63, 3.8) is 0 Å². The van der Waals surface area contributed by atoms with Crippen molar-refractivity contribution in [3.05, 3.63) is 83.7 Å². The number of nitrogens with zero attached hydrogens (tertiary/aromatic N) is 3. The molecule has 0 saturated carbocycles. The first-order valence-electron chi connectivity index (χ1n) is 10.2. The summed E-state index contributed by atoms with van der Waals surface area (Å²) in [7, 11) is 6.02. The zero-order valence-corrected chi connectivity index (χ0v) is 17.9. The van der Waals surface area contributed by atoms with E-state index in [4.69, 9.17) is 0 Å². The summed E-state index contributed by atoms with van der Waals surface area (Å²) < 4.78 is 2.11. The van der Waals surface area contributed by atoms with Gasteiger partial charge in [-0.15, -0.1) is 0 Å². The van der Waals surface area contributed by atoms with Crippen molar-refractivity contribution < 1.29 is 4.79 Å². The molecule has 152 valence electrons. The van der Waals surface area contributed by atoms with Crippen molar-refractivity contribution in [2.45, 2.75) is 19.9 Å². The van der Waals surface area contributed by atoms with Gasteiger partial charge in [-0.25, -0.2) is 0 Å². The molecule has 29 heavy (non-hydrogen) atoms. The Morgan fingerprint density at radius 3 is 2.14 bits per heavy atom. The van der Waals surface area contributed by atoms with Gasteiger partial charge in [-0.1, -0.05) is 60.7 Å². The highest BCUT2D eigenvalue weighted by Crippen LogP contribution is 2.30. The summed E-state index contributed by atoms with van der Waals surface area (Å²) in [6.07, 6.45) is 3.06. The quantitative estimate of drug-likeness (QED) is 0.566. The predicted molar refractivity (Wildman–Crippen MR) is 120 cm³/mol. The molecule has 0 unspecified atom stereocenters. The molecule has 1 heterocycles. The van der Waals surface area contributed by atoms with Crippen LogP contribution in [0.5, 0.6) is 0 Å². The molecule has 0 radical (unpaired) electrons. The van der Waals surface area contributed by atoms with Crippen molar-refractivity contribution in [2.75, 3.05) is 34.2 Å². The zero-order valence-electron chi connectivity index (χ0n) is 17.9. The third-order valence-corrected chi connectivity index (χ3v) is 5.17. The van der Waals surface area contributed by atoms with E-state index in [1.165, 1.54) is 5.56 Å². The first kappa shape index (κ1) is 20.9. The molecule has 2 aromatic carbocycles. The van der Waals surface area contributed by atoms with E-state index in [-0.39, 0.29) is 5.91 Å². The van der Waals surface area contributed by atoms with E-state index in [2.05, 4.69) is 60.9 Å². The first-order valence-corrected chi connectivity index (χ1v) is 10.2. The molecule has 0 aliphatic rings. The van der Waals surface area contributed by atoms with Gasteiger partial charge < -0.3 is 14.4 Å². The van der Waals surface area contributed by atoms with Gasteiger partial charge in [0.05, 0.1) is 0 Å². The summed E-state index contributed by atoms with van der Waals surface area (Å²) in [5.41, 5.74) is 5.20. The van der Waals surface area contributed by atoms with E-state index < -0.39 is 0 Å². The topological polar surface area (TPSA) is 28.5 Å². The van der Waals surface area contributed by atoms with Crippen molar-refractivity contribution >= 4 is 5.91 Å². The largest absolute Gasteiger partial charge is 0.340 e. The fourth-order valence-electron chi connectivity index (χ4n) is 3.70. The minimum atomic E-state index is 0.0756. The van der Waals surface area contributed by atoms with E-state index in [9.17, 15) is 4.79 Å². The van der Waals surface area contributed by atoms with Crippen molar-refractivity contribution in [3.8, 4) is 11.1 Å². The van der Waals surface area contributed by atoms with E-state index in [0.29, 0.717) is 6.54 Å². The molecule has 1 amide bonds. The molecular weight excluding hydrogens is 358 g/mol. The Kier molecular flexibility index (Phi) is 6.89. The highest BCUT2D eigenvalue weighted by molar-refractivity contribution is 6.00. The van der Waals surface area contributed by atoms with Crippen LogP contribution >= 0.6 is 0 Å². The average molecular weight is 390 g/mol. The van der Waals surface area contributed by atoms with Crippen LogP contribution in [0.3, 0.4) is 0 Å². The first-order chi connectivity index (χ1) is 14.0. The van der Waals surface area contributed by atoms with Crippen molar-refractivity contribution in [2.24, 2.45) is 0 Å². The van der Waals surface area contributed by atoms with Crippen LogP contribution in [-0.2, 0) is 6.54 Å². The molecule has 0 saturated heterocycles. The maximum Gasteiger partial charge on any atom is 0.270 e. The van der Waals surface area contributed by atoms with Crippen molar-refractivity contribution in [1.29, 1.82) is 0 Å². The minimum absolute atomic E-state index is 0.0756. The van der Waals surface area contributed by atoms with Gasteiger partial charge in [-0.05, 0) is 50.7 Å². The molecule has 4 nitrogen and oxygen atoms in total. The van der Waals surface area contributed by atoms with E-state index in [1.54, 1.807) is 0 Å². The standard InChI is InChI=1S/C25H31N3O/c1-20-18-28(19-21-12-7-5-8-13-21)24(23(20)22-14-9-6-10-15-22)25(29)27(4)17-11-16-26(2)3/h5-10,12-15,18H,11,16-17,19H2,1-4H3. The Labute approximate surface area is 174 Å². The highest BCUT2D eigenvalue weighted by atomic mass is 16.2. The lowest BCUT2D eigenvalue weighted by molar-refractivity contribution is 0.0781. The normalized spacial score (nSPS) is 11.1. The second-order valence-corrected chi connectivity index (χ2v) is 7.90. The number of carbonyl (C=O) groups excluding carboxylic acids is 1. The van der Waals surface area contributed by atoms with Crippen LogP contribution in [0.4, 0.5) is 0 Å². The molecule has 1 aromatic heterocycles. The molecule has 0 aliphatic heterocycles. The number of carbonyl (C=O) groups is 1. The molecule has 0 bridgehead atoms. The molecule has 4 heteroatoms. The average Bonchev–Trinajstić information content (AvgIpc) is 3.04. The lowest BCUT2D eigenvalue weighted by atomic mass is 10.0. The summed E-state index contributed by atoms with van der Waals surface area (Å²) in [6.45, 7) is 4.47. The highest BCUT2D eigenvalue weighted by Gasteiger charge is 2.24. The zero-order chi connectivity index (χ0) is 20.8. The number of benzene rings is 2. The van der Waals surface area contributed by atoms with Gasteiger partial charge >= 0.3 is 0 Å². The number of rotatable bonds is 8. The minimum Gasteiger partial charge on any atom is -0.340 e. The molecule has 3 aromatic rings. The van der Waals surface area contributed by atoms with E-state index in [0.717, 1.165) is 41.9 Å². The molecule has 3 rings (SSSR count). The van der Waals surface area contributed by atoms with E-state index in [1.807, 2.05) is 48.3 Å². The van der Waals surface area contributed by atoms with Gasteiger partial charge in [0.2, 0.25) is 0 Å². The molecule has 0 atom stereocenters. The van der Waals surface area contributed by atoms with Crippen LogP contribution in [0.25, 0.3) is 11.1 Å². The summed E-state index contributed by atoms with van der Waals surface area (Å²) in [4.78, 5) is 17.5. The lowest BCUT2D eigenvalue weighted by Crippen LogP contribution is -2.31. The number of aromatic nitrogens is 1. The second-order valence-electron chi connectivity index (χ2n) is 7.90. The van der Waals surface area contributed by atoms with Crippen LogP contribution in [0, 0.1) is 6.92 Å².